The number of anilines is 1. The number of carbonyl (C=O) groups is 2. The summed E-state index contributed by atoms with van der Waals surface area (Å²) in [7, 11) is 0. The van der Waals surface area contributed by atoms with Crippen LogP contribution in [0.5, 0.6) is 0 Å². The van der Waals surface area contributed by atoms with Crippen LogP contribution in [-0.4, -0.2) is 34.8 Å². The summed E-state index contributed by atoms with van der Waals surface area (Å²) in [5.74, 6) is -0.101. The number of piperidine rings is 1. The largest absolute Gasteiger partial charge is 0.341 e. The highest BCUT2D eigenvalue weighted by Crippen LogP contribution is 2.28. The quantitative estimate of drug-likeness (QED) is 0.886. The zero-order valence-corrected chi connectivity index (χ0v) is 16.1. The lowest BCUT2D eigenvalue weighted by atomic mass is 9.91. The minimum atomic E-state index is -0.413. The normalized spacial score (nSPS) is 18.4. The Kier molecular flexibility index (Phi) is 4.82. The Morgan fingerprint density at radius 2 is 2.08 bits per heavy atom. The van der Waals surface area contributed by atoms with Crippen molar-refractivity contribution in [2.45, 2.75) is 40.5 Å². The monoisotopic (exact) mass is 359 g/mol. The molecule has 2 aromatic rings. The smallest absolute Gasteiger partial charge is 0.231 e. The van der Waals surface area contributed by atoms with E-state index in [-0.39, 0.29) is 17.7 Å². The predicted molar refractivity (Wildman–Crippen MR) is 102 cm³/mol. The topological polar surface area (TPSA) is 62.3 Å². The van der Waals surface area contributed by atoms with Gasteiger partial charge in [-0.1, -0.05) is 38.2 Å². The summed E-state index contributed by atoms with van der Waals surface area (Å²) in [5, 5.41) is 3.58. The number of thiazole rings is 1. The number of benzene rings is 1. The van der Waals surface area contributed by atoms with Gasteiger partial charge in [-0.05, 0) is 37.5 Å². The molecule has 0 radical (unpaired) electrons. The molecule has 134 valence electrons. The van der Waals surface area contributed by atoms with Crippen LogP contribution >= 0.6 is 11.3 Å². The number of rotatable bonds is 2. The molecule has 0 aliphatic carbocycles. The second kappa shape index (κ2) is 6.75. The van der Waals surface area contributed by atoms with Gasteiger partial charge < -0.3 is 10.2 Å². The van der Waals surface area contributed by atoms with Gasteiger partial charge in [-0.15, -0.1) is 0 Å². The number of aryl methyl sites for hydroxylation is 1. The van der Waals surface area contributed by atoms with E-state index >= 15 is 0 Å². The minimum absolute atomic E-state index is 0.0396. The van der Waals surface area contributed by atoms with E-state index in [2.05, 4.69) is 16.4 Å². The van der Waals surface area contributed by atoms with Gasteiger partial charge in [0.05, 0.1) is 16.1 Å². The molecule has 1 fully saturated rings. The number of fused-ring (bicyclic) bond motifs is 1. The summed E-state index contributed by atoms with van der Waals surface area (Å²) in [6.07, 6.45) is 1.67. The molecule has 2 amide bonds. The number of carbonyl (C=O) groups excluding carboxylic acids is 2. The molecule has 6 heteroatoms. The molecule has 5 nitrogen and oxygen atoms in total. The molecule has 3 rings (SSSR count). The molecule has 1 N–H and O–H groups in total. The van der Waals surface area contributed by atoms with Crippen molar-refractivity contribution in [3.05, 3.63) is 23.8 Å². The van der Waals surface area contributed by atoms with Crippen LogP contribution in [-0.2, 0) is 9.59 Å². The maximum Gasteiger partial charge on any atom is 0.231 e. The predicted octanol–water partition coefficient (Wildman–Crippen LogP) is 3.83. The molecule has 1 aliphatic heterocycles. The number of likely N-dealkylation sites (tertiary alicyclic amines) is 1. The SMILES string of the molecule is Cc1ccc2nc(NC(=O)C3CCCN(C(=O)C(C)(C)C)C3)sc2c1. The Morgan fingerprint density at radius 1 is 1.32 bits per heavy atom. The van der Waals surface area contributed by atoms with E-state index in [1.54, 1.807) is 0 Å². The fourth-order valence-electron chi connectivity index (χ4n) is 3.14. The van der Waals surface area contributed by atoms with Crippen LogP contribution in [0.4, 0.5) is 5.13 Å². The maximum absolute atomic E-state index is 12.6. The van der Waals surface area contributed by atoms with Crippen molar-refractivity contribution in [3.8, 4) is 0 Å². The van der Waals surface area contributed by atoms with Gasteiger partial charge in [0.15, 0.2) is 5.13 Å². The molecular formula is C19H25N3O2S. The van der Waals surface area contributed by atoms with Crippen LogP contribution in [0.25, 0.3) is 10.2 Å². The van der Waals surface area contributed by atoms with Crippen LogP contribution < -0.4 is 5.32 Å². The number of nitrogens with one attached hydrogen (secondary N) is 1. The van der Waals surface area contributed by atoms with Crippen LogP contribution in [0.3, 0.4) is 0 Å². The first-order chi connectivity index (χ1) is 11.7. The average molecular weight is 359 g/mol. The molecule has 1 aliphatic rings. The molecule has 0 bridgehead atoms. The van der Waals surface area contributed by atoms with Gasteiger partial charge in [-0.25, -0.2) is 4.98 Å². The van der Waals surface area contributed by atoms with Crippen molar-refractivity contribution in [2.24, 2.45) is 11.3 Å². The molecule has 1 unspecified atom stereocenters. The van der Waals surface area contributed by atoms with Crippen LogP contribution in [0, 0.1) is 18.3 Å². The maximum atomic E-state index is 12.6. The van der Waals surface area contributed by atoms with Gasteiger partial charge in [0, 0.05) is 18.5 Å². The van der Waals surface area contributed by atoms with E-state index in [1.807, 2.05) is 44.7 Å². The van der Waals surface area contributed by atoms with Gasteiger partial charge in [0.1, 0.15) is 0 Å². The van der Waals surface area contributed by atoms with E-state index < -0.39 is 5.41 Å². The lowest BCUT2D eigenvalue weighted by Gasteiger charge is -2.35. The summed E-state index contributed by atoms with van der Waals surface area (Å²) in [5.41, 5.74) is 1.67. The highest BCUT2D eigenvalue weighted by Gasteiger charge is 2.33. The lowest BCUT2D eigenvalue weighted by molar-refractivity contribution is -0.142. The molecular weight excluding hydrogens is 334 g/mol. The van der Waals surface area contributed by atoms with E-state index in [1.165, 1.54) is 16.9 Å². The average Bonchev–Trinajstić information content (AvgIpc) is 2.94. The standard InChI is InChI=1S/C19H25N3O2S/c1-12-7-8-14-15(10-12)25-18(20-14)21-16(23)13-6-5-9-22(11-13)17(24)19(2,3)4/h7-8,10,13H,5-6,9,11H2,1-4H3,(H,20,21,23). The van der Waals surface area contributed by atoms with Crippen molar-refractivity contribution in [1.82, 2.24) is 9.88 Å². The molecule has 1 aromatic heterocycles. The Hall–Kier alpha value is -1.95. The number of hydrogen-bond acceptors (Lipinski definition) is 4. The van der Waals surface area contributed by atoms with Gasteiger partial charge >= 0.3 is 0 Å². The lowest BCUT2D eigenvalue weighted by Crippen LogP contribution is -2.47. The van der Waals surface area contributed by atoms with Gasteiger partial charge in [0.25, 0.3) is 0 Å². The van der Waals surface area contributed by atoms with E-state index in [0.717, 1.165) is 29.6 Å². The molecule has 0 spiro atoms. The highest BCUT2D eigenvalue weighted by molar-refractivity contribution is 7.22. The minimum Gasteiger partial charge on any atom is -0.341 e. The van der Waals surface area contributed by atoms with Gasteiger partial charge in [-0.3, -0.25) is 9.59 Å². The van der Waals surface area contributed by atoms with Crippen LogP contribution in [0.15, 0.2) is 18.2 Å². The summed E-state index contributed by atoms with van der Waals surface area (Å²) < 4.78 is 1.07. The van der Waals surface area contributed by atoms with Crippen molar-refractivity contribution in [1.29, 1.82) is 0 Å². The van der Waals surface area contributed by atoms with Crippen LogP contribution in [0.2, 0.25) is 0 Å². The van der Waals surface area contributed by atoms with E-state index in [9.17, 15) is 9.59 Å². The Morgan fingerprint density at radius 3 is 2.80 bits per heavy atom. The second-order valence-electron chi connectivity index (χ2n) is 7.82. The molecule has 0 saturated carbocycles. The first kappa shape index (κ1) is 17.9. The number of nitrogens with zero attached hydrogens (tertiary/aromatic N) is 2. The Labute approximate surface area is 152 Å². The Balaban J connectivity index is 1.68. The number of aromatic nitrogens is 1. The molecule has 1 aromatic carbocycles. The molecule has 25 heavy (non-hydrogen) atoms. The number of hydrogen-bond donors (Lipinski definition) is 1. The second-order valence-corrected chi connectivity index (χ2v) is 8.85. The third-order valence-electron chi connectivity index (χ3n) is 4.50. The zero-order valence-electron chi connectivity index (χ0n) is 15.3. The third-order valence-corrected chi connectivity index (χ3v) is 5.43. The number of amides is 2. The van der Waals surface area contributed by atoms with Crippen LogP contribution in [0.1, 0.15) is 39.2 Å². The molecule has 1 saturated heterocycles. The molecule has 2 heterocycles. The highest BCUT2D eigenvalue weighted by atomic mass is 32.1. The third kappa shape index (κ3) is 4.00. The fourth-order valence-corrected chi connectivity index (χ4v) is 4.11. The Bertz CT molecular complexity index is 807. The summed E-state index contributed by atoms with van der Waals surface area (Å²) >= 11 is 1.49. The first-order valence-electron chi connectivity index (χ1n) is 8.71. The van der Waals surface area contributed by atoms with E-state index in [4.69, 9.17) is 0 Å². The van der Waals surface area contributed by atoms with Crippen molar-refractivity contribution < 1.29 is 9.59 Å². The fraction of sp³-hybridized carbons (Fsp3) is 0.526. The zero-order chi connectivity index (χ0) is 18.2. The molecule has 1 atom stereocenters. The van der Waals surface area contributed by atoms with Gasteiger partial charge in [0.2, 0.25) is 11.8 Å². The first-order valence-corrected chi connectivity index (χ1v) is 9.53. The summed E-state index contributed by atoms with van der Waals surface area (Å²) in [4.78, 5) is 31.4. The van der Waals surface area contributed by atoms with Crippen molar-refractivity contribution in [2.75, 3.05) is 18.4 Å². The van der Waals surface area contributed by atoms with Crippen molar-refractivity contribution in [3.63, 3.8) is 0 Å². The van der Waals surface area contributed by atoms with E-state index in [0.29, 0.717) is 11.7 Å². The summed E-state index contributed by atoms with van der Waals surface area (Å²) in [6.45, 7) is 9.03. The van der Waals surface area contributed by atoms with Gasteiger partial charge in [-0.2, -0.15) is 0 Å². The summed E-state index contributed by atoms with van der Waals surface area (Å²) in [6, 6.07) is 6.07. The van der Waals surface area contributed by atoms with Crippen molar-refractivity contribution >= 4 is 38.5 Å².